The van der Waals surface area contributed by atoms with E-state index in [4.69, 9.17) is 5.73 Å². The van der Waals surface area contributed by atoms with Crippen molar-refractivity contribution in [3.8, 4) is 10.4 Å². The van der Waals surface area contributed by atoms with Gasteiger partial charge in [0.1, 0.15) is 5.82 Å². The molecule has 3 heteroatoms. The van der Waals surface area contributed by atoms with Crippen molar-refractivity contribution < 1.29 is 4.39 Å². The molecule has 0 aliphatic heterocycles. The summed E-state index contributed by atoms with van der Waals surface area (Å²) >= 11 is 1.53. The Labute approximate surface area is 92.4 Å². The lowest BCUT2D eigenvalue weighted by molar-refractivity contribution is 0.630. The molecular formula is C12H12FNS. The predicted octanol–water partition coefficient (Wildman–Crippen LogP) is 3.57. The van der Waals surface area contributed by atoms with Crippen molar-refractivity contribution in [3.05, 3.63) is 47.1 Å². The van der Waals surface area contributed by atoms with Gasteiger partial charge in [0, 0.05) is 16.5 Å². The zero-order valence-electron chi connectivity index (χ0n) is 8.41. The quantitative estimate of drug-likeness (QED) is 0.824. The highest BCUT2D eigenvalue weighted by Gasteiger charge is 2.08. The molecule has 2 N–H and O–H groups in total. The molecule has 0 spiro atoms. The standard InChI is InChI=1S/C12H12FNS/c1-8(14)9-4-5-11(13)10(7-9)12-3-2-6-15-12/h2-8H,14H2,1H3. The normalized spacial score (nSPS) is 12.7. The Bertz CT molecular complexity index is 449. The van der Waals surface area contributed by atoms with Gasteiger partial charge in [-0.25, -0.2) is 4.39 Å². The minimum Gasteiger partial charge on any atom is -0.324 e. The Balaban J connectivity index is 2.51. The van der Waals surface area contributed by atoms with Crippen LogP contribution in [0.4, 0.5) is 4.39 Å². The highest BCUT2D eigenvalue weighted by molar-refractivity contribution is 7.13. The summed E-state index contributed by atoms with van der Waals surface area (Å²) in [7, 11) is 0. The fourth-order valence-corrected chi connectivity index (χ4v) is 2.19. The van der Waals surface area contributed by atoms with E-state index in [0.717, 1.165) is 10.4 Å². The second-order valence-electron chi connectivity index (χ2n) is 3.51. The van der Waals surface area contributed by atoms with E-state index in [1.807, 2.05) is 30.5 Å². The number of nitrogens with two attached hydrogens (primary N) is 1. The Hall–Kier alpha value is -1.19. The Morgan fingerprint density at radius 3 is 2.73 bits per heavy atom. The summed E-state index contributed by atoms with van der Waals surface area (Å²) in [4.78, 5) is 0.940. The van der Waals surface area contributed by atoms with Crippen molar-refractivity contribution in [1.82, 2.24) is 0 Å². The molecule has 2 rings (SSSR count). The van der Waals surface area contributed by atoms with Gasteiger partial charge in [0.05, 0.1) is 0 Å². The molecule has 1 heterocycles. The molecule has 0 aliphatic carbocycles. The molecule has 1 aromatic heterocycles. The summed E-state index contributed by atoms with van der Waals surface area (Å²) in [6.45, 7) is 1.89. The van der Waals surface area contributed by atoms with Gasteiger partial charge in [-0.05, 0) is 36.1 Å². The maximum atomic E-state index is 13.6. The summed E-state index contributed by atoms with van der Waals surface area (Å²) in [5.74, 6) is -0.193. The SMILES string of the molecule is CC(N)c1ccc(F)c(-c2cccs2)c1. The second-order valence-corrected chi connectivity index (χ2v) is 4.45. The monoisotopic (exact) mass is 221 g/mol. The maximum absolute atomic E-state index is 13.6. The van der Waals surface area contributed by atoms with Crippen LogP contribution in [-0.2, 0) is 0 Å². The van der Waals surface area contributed by atoms with Crippen molar-refractivity contribution in [1.29, 1.82) is 0 Å². The lowest BCUT2D eigenvalue weighted by Gasteiger charge is -2.08. The van der Waals surface area contributed by atoms with E-state index in [2.05, 4.69) is 0 Å². The van der Waals surface area contributed by atoms with Gasteiger partial charge in [-0.1, -0.05) is 12.1 Å². The molecule has 0 bridgehead atoms. The van der Waals surface area contributed by atoms with Gasteiger partial charge in [0.25, 0.3) is 0 Å². The topological polar surface area (TPSA) is 26.0 Å². The van der Waals surface area contributed by atoms with Crippen molar-refractivity contribution in [3.63, 3.8) is 0 Å². The van der Waals surface area contributed by atoms with E-state index in [1.54, 1.807) is 6.07 Å². The lowest BCUT2D eigenvalue weighted by Crippen LogP contribution is -2.05. The van der Waals surface area contributed by atoms with Crippen molar-refractivity contribution in [2.75, 3.05) is 0 Å². The molecule has 1 unspecified atom stereocenters. The van der Waals surface area contributed by atoms with Crippen molar-refractivity contribution in [2.24, 2.45) is 5.73 Å². The highest BCUT2D eigenvalue weighted by atomic mass is 32.1. The summed E-state index contributed by atoms with van der Waals surface area (Å²) in [5.41, 5.74) is 7.36. The minimum atomic E-state index is -0.193. The Morgan fingerprint density at radius 1 is 1.33 bits per heavy atom. The fourth-order valence-electron chi connectivity index (χ4n) is 1.45. The summed E-state index contributed by atoms with van der Waals surface area (Å²) < 4.78 is 13.6. The van der Waals surface area contributed by atoms with Crippen LogP contribution in [0, 0.1) is 5.82 Å². The first-order valence-electron chi connectivity index (χ1n) is 4.77. The molecule has 15 heavy (non-hydrogen) atoms. The zero-order valence-corrected chi connectivity index (χ0v) is 9.22. The zero-order chi connectivity index (χ0) is 10.8. The summed E-state index contributed by atoms with van der Waals surface area (Å²) in [5, 5.41) is 1.94. The van der Waals surface area contributed by atoms with E-state index in [1.165, 1.54) is 17.4 Å². The van der Waals surface area contributed by atoms with Crippen LogP contribution < -0.4 is 5.73 Å². The lowest BCUT2D eigenvalue weighted by atomic mass is 10.0. The molecule has 0 fully saturated rings. The van der Waals surface area contributed by atoms with Crippen LogP contribution in [0.5, 0.6) is 0 Å². The number of hydrogen-bond acceptors (Lipinski definition) is 2. The number of rotatable bonds is 2. The average Bonchev–Trinajstić information content (AvgIpc) is 2.71. The largest absolute Gasteiger partial charge is 0.324 e. The second kappa shape index (κ2) is 4.13. The first-order valence-corrected chi connectivity index (χ1v) is 5.65. The third kappa shape index (κ3) is 2.08. The van der Waals surface area contributed by atoms with Crippen LogP contribution in [-0.4, -0.2) is 0 Å². The Morgan fingerprint density at radius 2 is 2.13 bits per heavy atom. The molecular weight excluding hydrogens is 209 g/mol. The summed E-state index contributed by atoms with van der Waals surface area (Å²) in [6, 6.07) is 8.80. The Kier molecular flexibility index (Phi) is 2.84. The van der Waals surface area contributed by atoms with Gasteiger partial charge < -0.3 is 5.73 Å². The van der Waals surface area contributed by atoms with Crippen LogP contribution in [0.25, 0.3) is 10.4 Å². The molecule has 2 aromatic rings. The third-order valence-electron chi connectivity index (χ3n) is 2.30. The van der Waals surface area contributed by atoms with Gasteiger partial charge in [-0.15, -0.1) is 11.3 Å². The smallest absolute Gasteiger partial charge is 0.131 e. The molecule has 0 saturated heterocycles. The highest BCUT2D eigenvalue weighted by Crippen LogP contribution is 2.29. The van der Waals surface area contributed by atoms with Gasteiger partial charge in [0.15, 0.2) is 0 Å². The van der Waals surface area contributed by atoms with Gasteiger partial charge >= 0.3 is 0 Å². The summed E-state index contributed by atoms with van der Waals surface area (Å²) in [6.07, 6.45) is 0. The number of hydrogen-bond donors (Lipinski definition) is 1. The van der Waals surface area contributed by atoms with E-state index >= 15 is 0 Å². The van der Waals surface area contributed by atoms with Gasteiger partial charge in [-0.2, -0.15) is 0 Å². The van der Waals surface area contributed by atoms with Crippen LogP contribution >= 0.6 is 11.3 Å². The van der Waals surface area contributed by atoms with Gasteiger partial charge in [0.2, 0.25) is 0 Å². The third-order valence-corrected chi connectivity index (χ3v) is 3.21. The molecule has 0 aliphatic rings. The van der Waals surface area contributed by atoms with Crippen LogP contribution in [0.2, 0.25) is 0 Å². The number of thiophene rings is 1. The van der Waals surface area contributed by atoms with E-state index in [0.29, 0.717) is 5.56 Å². The van der Waals surface area contributed by atoms with E-state index < -0.39 is 0 Å². The number of benzene rings is 1. The fraction of sp³-hybridized carbons (Fsp3) is 0.167. The molecule has 0 saturated carbocycles. The first kappa shape index (κ1) is 10.3. The van der Waals surface area contributed by atoms with Crippen molar-refractivity contribution >= 4 is 11.3 Å². The van der Waals surface area contributed by atoms with Crippen LogP contribution in [0.1, 0.15) is 18.5 Å². The molecule has 0 amide bonds. The molecule has 1 atom stereocenters. The molecule has 78 valence electrons. The van der Waals surface area contributed by atoms with E-state index in [9.17, 15) is 4.39 Å². The minimum absolute atomic E-state index is 0.0655. The molecule has 0 radical (unpaired) electrons. The predicted molar refractivity (Wildman–Crippen MR) is 62.3 cm³/mol. The molecule has 1 aromatic carbocycles. The first-order chi connectivity index (χ1) is 7.18. The van der Waals surface area contributed by atoms with Crippen LogP contribution in [0.3, 0.4) is 0 Å². The van der Waals surface area contributed by atoms with Gasteiger partial charge in [-0.3, -0.25) is 0 Å². The molecule has 1 nitrogen and oxygen atoms in total. The van der Waals surface area contributed by atoms with E-state index in [-0.39, 0.29) is 11.9 Å². The van der Waals surface area contributed by atoms with Crippen molar-refractivity contribution in [2.45, 2.75) is 13.0 Å². The number of halogens is 1. The van der Waals surface area contributed by atoms with Crippen LogP contribution in [0.15, 0.2) is 35.7 Å². The average molecular weight is 221 g/mol. The maximum Gasteiger partial charge on any atom is 0.131 e.